The Hall–Kier alpha value is -0.200. The summed E-state index contributed by atoms with van der Waals surface area (Å²) in [7, 11) is 1.38. The van der Waals surface area contributed by atoms with Crippen LogP contribution in [0.3, 0.4) is 0 Å². The van der Waals surface area contributed by atoms with Crippen LogP contribution in [-0.4, -0.2) is 53.1 Å². The molecule has 5 nitrogen and oxygen atoms in total. The lowest BCUT2D eigenvalue weighted by molar-refractivity contribution is -0.290. The molecule has 1 aliphatic heterocycles. The summed E-state index contributed by atoms with van der Waals surface area (Å²) in [6, 6.07) is 0. The van der Waals surface area contributed by atoms with E-state index in [0.29, 0.717) is 6.42 Å². The first-order valence-electron chi connectivity index (χ1n) is 4.34. The zero-order valence-electron chi connectivity index (χ0n) is 7.75. The summed E-state index contributed by atoms with van der Waals surface area (Å²) in [5.41, 5.74) is 0. The summed E-state index contributed by atoms with van der Waals surface area (Å²) in [5, 5.41) is 28.2. The molecular weight excluding hydrogens is 176 g/mol. The van der Waals surface area contributed by atoms with Gasteiger partial charge < -0.3 is 24.8 Å². The van der Waals surface area contributed by atoms with Gasteiger partial charge >= 0.3 is 0 Å². The Morgan fingerprint density at radius 1 is 1.15 bits per heavy atom. The van der Waals surface area contributed by atoms with Crippen molar-refractivity contribution in [1.29, 1.82) is 0 Å². The SMILES string of the molecule is CC[C@H]1OC(OC)C(O)[C@@H](O)C1O. The van der Waals surface area contributed by atoms with Crippen molar-refractivity contribution in [3.8, 4) is 0 Å². The smallest absolute Gasteiger partial charge is 0.186 e. The summed E-state index contributed by atoms with van der Waals surface area (Å²) >= 11 is 0. The monoisotopic (exact) mass is 192 g/mol. The standard InChI is InChI=1S/C8H16O5/c1-3-4-5(9)6(10)7(11)8(12-2)13-4/h4-11H,3H2,1-2H3/t4-,5?,6+,7?,8?/m1/s1. The van der Waals surface area contributed by atoms with Crippen LogP contribution >= 0.6 is 0 Å². The van der Waals surface area contributed by atoms with Gasteiger partial charge in [-0.05, 0) is 6.42 Å². The molecule has 1 saturated heterocycles. The lowest BCUT2D eigenvalue weighted by Gasteiger charge is -2.39. The van der Waals surface area contributed by atoms with Crippen LogP contribution in [0.15, 0.2) is 0 Å². The van der Waals surface area contributed by atoms with Crippen LogP contribution in [0.4, 0.5) is 0 Å². The zero-order valence-corrected chi connectivity index (χ0v) is 7.75. The van der Waals surface area contributed by atoms with Crippen molar-refractivity contribution in [3.05, 3.63) is 0 Å². The highest BCUT2D eigenvalue weighted by molar-refractivity contribution is 4.88. The van der Waals surface area contributed by atoms with Crippen LogP contribution in [0, 0.1) is 0 Å². The molecule has 1 rings (SSSR count). The maximum absolute atomic E-state index is 9.43. The van der Waals surface area contributed by atoms with Gasteiger partial charge in [0, 0.05) is 7.11 Å². The summed E-state index contributed by atoms with van der Waals surface area (Å²) < 4.78 is 10.0. The van der Waals surface area contributed by atoms with Gasteiger partial charge in [-0.15, -0.1) is 0 Å². The molecule has 1 heterocycles. The van der Waals surface area contributed by atoms with Gasteiger partial charge in [-0.1, -0.05) is 6.92 Å². The highest BCUT2D eigenvalue weighted by Gasteiger charge is 2.42. The van der Waals surface area contributed by atoms with Crippen LogP contribution < -0.4 is 0 Å². The predicted octanol–water partition coefficient (Wildman–Crippen LogP) is -1.15. The fourth-order valence-electron chi connectivity index (χ4n) is 1.45. The number of ether oxygens (including phenoxy) is 2. The predicted molar refractivity (Wildman–Crippen MR) is 44.0 cm³/mol. The second kappa shape index (κ2) is 4.34. The minimum absolute atomic E-state index is 0.483. The van der Waals surface area contributed by atoms with Gasteiger partial charge in [-0.25, -0.2) is 0 Å². The molecule has 3 N–H and O–H groups in total. The number of hydrogen-bond acceptors (Lipinski definition) is 5. The minimum atomic E-state index is -1.20. The number of methoxy groups -OCH3 is 1. The Bertz CT molecular complexity index is 143. The number of aliphatic hydroxyl groups is 3. The zero-order chi connectivity index (χ0) is 10.0. The first-order valence-corrected chi connectivity index (χ1v) is 4.34. The fraction of sp³-hybridized carbons (Fsp3) is 1.00. The van der Waals surface area contributed by atoms with Crippen molar-refractivity contribution < 1.29 is 24.8 Å². The molecule has 0 amide bonds. The summed E-state index contributed by atoms with van der Waals surface area (Å²) in [4.78, 5) is 0. The van der Waals surface area contributed by atoms with Crippen molar-refractivity contribution in [2.75, 3.05) is 7.11 Å². The molecule has 0 spiro atoms. The number of aliphatic hydroxyl groups excluding tert-OH is 3. The van der Waals surface area contributed by atoms with E-state index in [2.05, 4.69) is 0 Å². The van der Waals surface area contributed by atoms with Gasteiger partial charge in [0.2, 0.25) is 0 Å². The Kier molecular flexibility index (Phi) is 3.63. The Morgan fingerprint density at radius 3 is 2.23 bits per heavy atom. The number of rotatable bonds is 2. The van der Waals surface area contributed by atoms with Crippen LogP contribution in [-0.2, 0) is 9.47 Å². The highest BCUT2D eigenvalue weighted by Crippen LogP contribution is 2.23. The van der Waals surface area contributed by atoms with Gasteiger partial charge in [0.1, 0.15) is 18.3 Å². The second-order valence-corrected chi connectivity index (χ2v) is 3.16. The van der Waals surface area contributed by atoms with E-state index in [9.17, 15) is 15.3 Å². The first-order chi connectivity index (χ1) is 6.11. The third-order valence-electron chi connectivity index (χ3n) is 2.30. The third-order valence-corrected chi connectivity index (χ3v) is 2.30. The lowest BCUT2D eigenvalue weighted by atomic mass is 9.97. The molecule has 0 saturated carbocycles. The quantitative estimate of drug-likeness (QED) is 0.515. The van der Waals surface area contributed by atoms with Crippen molar-refractivity contribution in [3.63, 3.8) is 0 Å². The average Bonchev–Trinajstić information content (AvgIpc) is 2.15. The van der Waals surface area contributed by atoms with E-state index < -0.39 is 30.7 Å². The molecule has 5 heteroatoms. The first kappa shape index (κ1) is 10.9. The van der Waals surface area contributed by atoms with E-state index in [-0.39, 0.29) is 0 Å². The molecule has 3 unspecified atom stereocenters. The molecular formula is C8H16O5. The molecule has 0 aromatic carbocycles. The molecule has 78 valence electrons. The van der Waals surface area contributed by atoms with Crippen LogP contribution in [0.1, 0.15) is 13.3 Å². The van der Waals surface area contributed by atoms with Crippen molar-refractivity contribution >= 4 is 0 Å². The van der Waals surface area contributed by atoms with Crippen LogP contribution in [0.25, 0.3) is 0 Å². The summed E-state index contributed by atoms with van der Waals surface area (Å²) in [6.45, 7) is 1.82. The fourth-order valence-corrected chi connectivity index (χ4v) is 1.45. The van der Waals surface area contributed by atoms with Gasteiger partial charge in [0.25, 0.3) is 0 Å². The van der Waals surface area contributed by atoms with E-state index in [0.717, 1.165) is 0 Å². The largest absolute Gasteiger partial charge is 0.388 e. The van der Waals surface area contributed by atoms with Gasteiger partial charge in [0.15, 0.2) is 6.29 Å². The second-order valence-electron chi connectivity index (χ2n) is 3.16. The van der Waals surface area contributed by atoms with Gasteiger partial charge in [-0.3, -0.25) is 0 Å². The van der Waals surface area contributed by atoms with E-state index >= 15 is 0 Å². The summed E-state index contributed by atoms with van der Waals surface area (Å²) in [5.74, 6) is 0. The van der Waals surface area contributed by atoms with Gasteiger partial charge in [0.05, 0.1) is 6.10 Å². The van der Waals surface area contributed by atoms with E-state index in [4.69, 9.17) is 9.47 Å². The van der Waals surface area contributed by atoms with Crippen molar-refractivity contribution in [2.45, 2.75) is 44.1 Å². The van der Waals surface area contributed by atoms with Crippen LogP contribution in [0.5, 0.6) is 0 Å². The van der Waals surface area contributed by atoms with Crippen molar-refractivity contribution in [1.82, 2.24) is 0 Å². The molecule has 0 aromatic rings. The third kappa shape index (κ3) is 2.00. The molecule has 0 bridgehead atoms. The molecule has 13 heavy (non-hydrogen) atoms. The number of hydrogen-bond donors (Lipinski definition) is 3. The molecule has 0 radical (unpaired) electrons. The Labute approximate surface area is 76.9 Å². The Morgan fingerprint density at radius 2 is 1.77 bits per heavy atom. The van der Waals surface area contributed by atoms with Crippen molar-refractivity contribution in [2.24, 2.45) is 0 Å². The highest BCUT2D eigenvalue weighted by atomic mass is 16.7. The van der Waals surface area contributed by atoms with Crippen LogP contribution in [0.2, 0.25) is 0 Å². The normalized spacial score (nSPS) is 46.4. The van der Waals surface area contributed by atoms with E-state index in [1.54, 1.807) is 0 Å². The average molecular weight is 192 g/mol. The molecule has 1 aliphatic rings. The summed E-state index contributed by atoms with van der Waals surface area (Å²) in [6.07, 6.45) is -4.23. The van der Waals surface area contributed by atoms with Gasteiger partial charge in [-0.2, -0.15) is 0 Å². The Balaban J connectivity index is 2.66. The topological polar surface area (TPSA) is 79.2 Å². The molecule has 0 aromatic heterocycles. The molecule has 5 atom stereocenters. The van der Waals surface area contributed by atoms with E-state index in [1.807, 2.05) is 6.92 Å². The minimum Gasteiger partial charge on any atom is -0.388 e. The molecule has 1 fully saturated rings. The molecule has 0 aliphatic carbocycles. The maximum atomic E-state index is 9.43. The lowest BCUT2D eigenvalue weighted by Crippen LogP contribution is -2.57. The maximum Gasteiger partial charge on any atom is 0.186 e. The van der Waals surface area contributed by atoms with E-state index in [1.165, 1.54) is 7.11 Å².